The second-order valence-electron chi connectivity index (χ2n) is 5.02. The van der Waals surface area contributed by atoms with Gasteiger partial charge in [0.2, 0.25) is 0 Å². The van der Waals surface area contributed by atoms with E-state index >= 15 is 0 Å². The summed E-state index contributed by atoms with van der Waals surface area (Å²) >= 11 is 6.14. The maximum Gasteiger partial charge on any atom is 0.137 e. The number of aromatic amines is 1. The summed E-state index contributed by atoms with van der Waals surface area (Å²) in [5.74, 6) is 0.735. The van der Waals surface area contributed by atoms with Gasteiger partial charge in [-0.1, -0.05) is 11.6 Å². The number of pyridine rings is 2. The number of halogens is 1. The number of unbranched alkanes of at least 4 members (excludes halogenated alkanes) is 1. The van der Waals surface area contributed by atoms with Crippen LogP contribution in [0.25, 0.3) is 22.2 Å². The van der Waals surface area contributed by atoms with E-state index in [0.29, 0.717) is 5.15 Å². The van der Waals surface area contributed by atoms with Gasteiger partial charge in [0.05, 0.1) is 0 Å². The Bertz CT molecular complexity index is 772. The van der Waals surface area contributed by atoms with Gasteiger partial charge < -0.3 is 15.4 Å². The normalized spacial score (nSPS) is 11.0. The first kappa shape index (κ1) is 14.8. The minimum Gasteiger partial charge on any atom is -0.396 e. The van der Waals surface area contributed by atoms with Gasteiger partial charge in [-0.2, -0.15) is 0 Å². The molecule has 5 nitrogen and oxygen atoms in total. The van der Waals surface area contributed by atoms with Crippen LogP contribution >= 0.6 is 11.6 Å². The highest BCUT2D eigenvalue weighted by Gasteiger charge is 2.09. The van der Waals surface area contributed by atoms with Gasteiger partial charge in [0.1, 0.15) is 16.6 Å². The van der Waals surface area contributed by atoms with Crippen LogP contribution in [0, 0.1) is 0 Å². The predicted octanol–water partition coefficient (Wildman–Crippen LogP) is 3.46. The lowest BCUT2D eigenvalue weighted by atomic mass is 10.1. The van der Waals surface area contributed by atoms with Crippen LogP contribution in [-0.2, 0) is 0 Å². The number of hydrogen-bond acceptors (Lipinski definition) is 4. The molecular formula is C16H17ClN4O. The highest BCUT2D eigenvalue weighted by Crippen LogP contribution is 2.30. The molecule has 114 valence electrons. The van der Waals surface area contributed by atoms with Crippen LogP contribution in [0.2, 0.25) is 5.15 Å². The van der Waals surface area contributed by atoms with E-state index in [1.807, 2.05) is 30.5 Å². The summed E-state index contributed by atoms with van der Waals surface area (Å²) in [6.07, 6.45) is 5.35. The number of aliphatic hydroxyl groups is 1. The van der Waals surface area contributed by atoms with E-state index in [1.54, 1.807) is 6.20 Å². The van der Waals surface area contributed by atoms with Crippen molar-refractivity contribution < 1.29 is 5.11 Å². The molecule has 3 rings (SSSR count). The van der Waals surface area contributed by atoms with Gasteiger partial charge in [-0.25, -0.2) is 9.97 Å². The second kappa shape index (κ2) is 6.77. The number of H-pyrrole nitrogens is 1. The van der Waals surface area contributed by atoms with Gasteiger partial charge in [-0.05, 0) is 42.7 Å². The van der Waals surface area contributed by atoms with Crippen molar-refractivity contribution in [3.63, 3.8) is 0 Å². The van der Waals surface area contributed by atoms with E-state index in [2.05, 4.69) is 20.3 Å². The average Bonchev–Trinajstić information content (AvgIpc) is 2.95. The van der Waals surface area contributed by atoms with Crippen molar-refractivity contribution in [1.29, 1.82) is 0 Å². The van der Waals surface area contributed by atoms with E-state index in [0.717, 1.165) is 47.4 Å². The molecule has 0 saturated carbocycles. The number of rotatable bonds is 6. The molecule has 0 radical (unpaired) electrons. The topological polar surface area (TPSA) is 73.8 Å². The molecule has 3 N–H and O–H groups in total. The third-order valence-electron chi connectivity index (χ3n) is 3.45. The zero-order chi connectivity index (χ0) is 15.4. The SMILES string of the molecule is OCCCCNc1cc(-c2c[nH]c3ncccc23)cc(Cl)n1. The van der Waals surface area contributed by atoms with Crippen LogP contribution in [0.4, 0.5) is 5.82 Å². The van der Waals surface area contributed by atoms with E-state index in [9.17, 15) is 0 Å². The predicted molar refractivity (Wildman–Crippen MR) is 89.1 cm³/mol. The van der Waals surface area contributed by atoms with E-state index < -0.39 is 0 Å². The van der Waals surface area contributed by atoms with E-state index in [1.165, 1.54) is 0 Å². The van der Waals surface area contributed by atoms with Crippen LogP contribution in [0.1, 0.15) is 12.8 Å². The molecule has 0 amide bonds. The maximum absolute atomic E-state index is 8.80. The quantitative estimate of drug-likeness (QED) is 0.481. The van der Waals surface area contributed by atoms with Crippen LogP contribution in [0.3, 0.4) is 0 Å². The van der Waals surface area contributed by atoms with Gasteiger partial charge in [-0.3, -0.25) is 0 Å². The lowest BCUT2D eigenvalue weighted by molar-refractivity contribution is 0.286. The van der Waals surface area contributed by atoms with Crippen molar-refractivity contribution in [1.82, 2.24) is 15.0 Å². The largest absolute Gasteiger partial charge is 0.396 e. The zero-order valence-electron chi connectivity index (χ0n) is 12.0. The fourth-order valence-corrected chi connectivity index (χ4v) is 2.60. The van der Waals surface area contributed by atoms with Crippen LogP contribution in [-0.4, -0.2) is 33.2 Å². The molecule has 0 unspecified atom stereocenters. The number of nitrogens with one attached hydrogen (secondary N) is 2. The van der Waals surface area contributed by atoms with Crippen molar-refractivity contribution >= 4 is 28.5 Å². The number of nitrogens with zero attached hydrogens (tertiary/aromatic N) is 2. The molecule has 0 aliphatic rings. The lowest BCUT2D eigenvalue weighted by Crippen LogP contribution is -2.04. The fraction of sp³-hybridized carbons (Fsp3) is 0.250. The number of hydrogen-bond donors (Lipinski definition) is 3. The average molecular weight is 317 g/mol. The molecular weight excluding hydrogens is 300 g/mol. The number of anilines is 1. The molecule has 22 heavy (non-hydrogen) atoms. The van der Waals surface area contributed by atoms with Gasteiger partial charge in [0, 0.05) is 36.5 Å². The van der Waals surface area contributed by atoms with Crippen molar-refractivity contribution in [2.45, 2.75) is 12.8 Å². The molecule has 0 aliphatic carbocycles. The highest BCUT2D eigenvalue weighted by atomic mass is 35.5. The van der Waals surface area contributed by atoms with Gasteiger partial charge in [0.25, 0.3) is 0 Å². The molecule has 3 aromatic heterocycles. The van der Waals surface area contributed by atoms with E-state index in [-0.39, 0.29) is 6.61 Å². The number of fused-ring (bicyclic) bond motifs is 1. The Kier molecular flexibility index (Phi) is 4.56. The summed E-state index contributed by atoms with van der Waals surface area (Å²) in [5, 5.41) is 13.5. The molecule has 3 aromatic rings. The number of aromatic nitrogens is 3. The van der Waals surface area contributed by atoms with Gasteiger partial charge >= 0.3 is 0 Å². The van der Waals surface area contributed by atoms with Crippen molar-refractivity contribution in [3.05, 3.63) is 41.8 Å². The van der Waals surface area contributed by atoms with Gasteiger partial charge in [0.15, 0.2) is 0 Å². The van der Waals surface area contributed by atoms with Gasteiger partial charge in [-0.15, -0.1) is 0 Å². The fourth-order valence-electron chi connectivity index (χ4n) is 2.39. The summed E-state index contributed by atoms with van der Waals surface area (Å²) in [7, 11) is 0. The smallest absolute Gasteiger partial charge is 0.137 e. The maximum atomic E-state index is 8.80. The zero-order valence-corrected chi connectivity index (χ0v) is 12.8. The summed E-state index contributed by atoms with van der Waals surface area (Å²) in [6.45, 7) is 0.959. The molecule has 6 heteroatoms. The minimum atomic E-state index is 0.207. The third kappa shape index (κ3) is 3.21. The summed E-state index contributed by atoms with van der Waals surface area (Å²) in [4.78, 5) is 11.7. The Morgan fingerprint density at radius 3 is 3.05 bits per heavy atom. The summed E-state index contributed by atoms with van der Waals surface area (Å²) < 4.78 is 0. The standard InChI is InChI=1S/C16H17ClN4O/c17-14-8-11(9-15(21-14)18-5-1-2-7-22)13-10-20-16-12(13)4-3-6-19-16/h3-4,6,8-10,22H,1-2,5,7H2,(H,18,21)(H,19,20). The Labute approximate surface area is 133 Å². The first-order chi connectivity index (χ1) is 10.8. The molecule has 0 spiro atoms. The van der Waals surface area contributed by atoms with Crippen molar-refractivity contribution in [2.24, 2.45) is 0 Å². The van der Waals surface area contributed by atoms with Crippen LogP contribution < -0.4 is 5.32 Å². The third-order valence-corrected chi connectivity index (χ3v) is 3.64. The summed E-state index contributed by atoms with van der Waals surface area (Å²) in [6, 6.07) is 7.75. The Balaban J connectivity index is 1.89. The van der Waals surface area contributed by atoms with Crippen LogP contribution in [0.5, 0.6) is 0 Å². The minimum absolute atomic E-state index is 0.207. The Morgan fingerprint density at radius 2 is 2.18 bits per heavy atom. The Hall–Kier alpha value is -2.11. The summed E-state index contributed by atoms with van der Waals surface area (Å²) in [5.41, 5.74) is 2.89. The molecule has 0 aliphatic heterocycles. The Morgan fingerprint density at radius 1 is 1.27 bits per heavy atom. The van der Waals surface area contributed by atoms with E-state index in [4.69, 9.17) is 16.7 Å². The van der Waals surface area contributed by atoms with Crippen molar-refractivity contribution in [3.8, 4) is 11.1 Å². The first-order valence-electron chi connectivity index (χ1n) is 7.23. The highest BCUT2D eigenvalue weighted by molar-refractivity contribution is 6.29. The molecule has 0 bridgehead atoms. The molecule has 0 aromatic carbocycles. The lowest BCUT2D eigenvalue weighted by Gasteiger charge is -2.08. The van der Waals surface area contributed by atoms with Crippen LogP contribution in [0.15, 0.2) is 36.7 Å². The monoisotopic (exact) mass is 316 g/mol. The number of aliphatic hydroxyl groups excluding tert-OH is 1. The molecule has 0 atom stereocenters. The molecule has 3 heterocycles. The second-order valence-corrected chi connectivity index (χ2v) is 5.41. The molecule has 0 fully saturated rings. The van der Waals surface area contributed by atoms with Crippen molar-refractivity contribution in [2.75, 3.05) is 18.5 Å². The first-order valence-corrected chi connectivity index (χ1v) is 7.60. The molecule has 0 saturated heterocycles.